The standard InChI is InChI=1S/C32H22N2O/c35-32-28-20-27(23-13-6-2-7-14-23)30(24-15-8-3-9-16-24)34-31(28)29(21-33-32)26-18-10-17-25(19-26)22-11-4-1-5-12-22/h1-21H,(H,33,35). The first kappa shape index (κ1) is 20.8. The number of hydrogen-bond acceptors (Lipinski definition) is 2. The van der Waals surface area contributed by atoms with Crippen LogP contribution in [0.4, 0.5) is 0 Å². The Labute approximate surface area is 203 Å². The Bertz CT molecular complexity index is 1690. The van der Waals surface area contributed by atoms with Gasteiger partial charge in [-0.15, -0.1) is 0 Å². The molecule has 0 bridgehead atoms. The van der Waals surface area contributed by atoms with E-state index >= 15 is 0 Å². The van der Waals surface area contributed by atoms with Crippen molar-refractivity contribution in [3.05, 3.63) is 138 Å². The highest BCUT2D eigenvalue weighted by Crippen LogP contribution is 2.36. The molecule has 2 heterocycles. The van der Waals surface area contributed by atoms with E-state index in [0.717, 1.165) is 44.6 Å². The first-order chi connectivity index (χ1) is 17.3. The molecule has 3 heteroatoms. The molecule has 166 valence electrons. The highest BCUT2D eigenvalue weighted by Gasteiger charge is 2.16. The number of pyridine rings is 2. The summed E-state index contributed by atoms with van der Waals surface area (Å²) in [5.41, 5.74) is 8.54. The van der Waals surface area contributed by atoms with Gasteiger partial charge >= 0.3 is 0 Å². The van der Waals surface area contributed by atoms with Crippen LogP contribution >= 0.6 is 0 Å². The van der Waals surface area contributed by atoms with E-state index in [4.69, 9.17) is 4.98 Å². The zero-order valence-corrected chi connectivity index (χ0v) is 19.0. The topological polar surface area (TPSA) is 45.8 Å². The molecule has 0 aliphatic carbocycles. The molecule has 0 atom stereocenters. The Balaban J connectivity index is 1.62. The monoisotopic (exact) mass is 450 g/mol. The number of aromatic nitrogens is 2. The van der Waals surface area contributed by atoms with Crippen molar-refractivity contribution in [2.75, 3.05) is 0 Å². The fourth-order valence-electron chi connectivity index (χ4n) is 4.55. The van der Waals surface area contributed by atoms with Crippen molar-refractivity contribution in [1.82, 2.24) is 9.97 Å². The number of hydrogen-bond donors (Lipinski definition) is 1. The highest BCUT2D eigenvalue weighted by atomic mass is 16.1. The maximum atomic E-state index is 13.0. The molecule has 6 rings (SSSR count). The molecule has 0 aliphatic rings. The zero-order chi connectivity index (χ0) is 23.6. The molecule has 1 N–H and O–H groups in total. The van der Waals surface area contributed by atoms with E-state index in [0.29, 0.717) is 10.9 Å². The minimum absolute atomic E-state index is 0.146. The van der Waals surface area contributed by atoms with Crippen molar-refractivity contribution < 1.29 is 0 Å². The molecular formula is C32H22N2O. The van der Waals surface area contributed by atoms with E-state index in [2.05, 4.69) is 59.6 Å². The highest BCUT2D eigenvalue weighted by molar-refractivity contribution is 5.98. The third-order valence-electron chi connectivity index (χ3n) is 6.28. The maximum Gasteiger partial charge on any atom is 0.257 e. The Hall–Kier alpha value is -4.76. The maximum absolute atomic E-state index is 13.0. The smallest absolute Gasteiger partial charge is 0.257 e. The van der Waals surface area contributed by atoms with E-state index in [1.165, 1.54) is 0 Å². The van der Waals surface area contributed by atoms with Gasteiger partial charge in [-0.2, -0.15) is 0 Å². The number of nitrogens with one attached hydrogen (secondary N) is 1. The van der Waals surface area contributed by atoms with E-state index in [-0.39, 0.29) is 5.56 Å². The molecule has 0 radical (unpaired) electrons. The zero-order valence-electron chi connectivity index (χ0n) is 19.0. The van der Waals surface area contributed by atoms with Crippen LogP contribution in [-0.2, 0) is 0 Å². The Morgan fingerprint density at radius 3 is 1.77 bits per heavy atom. The van der Waals surface area contributed by atoms with Crippen molar-refractivity contribution in [3.63, 3.8) is 0 Å². The van der Waals surface area contributed by atoms with E-state index in [1.807, 2.05) is 66.7 Å². The lowest BCUT2D eigenvalue weighted by atomic mass is 9.95. The molecule has 6 aromatic rings. The predicted octanol–water partition coefficient (Wildman–Crippen LogP) is 7.59. The van der Waals surface area contributed by atoms with Gasteiger partial charge in [-0.05, 0) is 34.4 Å². The van der Waals surface area contributed by atoms with Gasteiger partial charge in [-0.1, -0.05) is 109 Å². The van der Waals surface area contributed by atoms with Gasteiger partial charge in [0.15, 0.2) is 0 Å². The number of benzene rings is 4. The second-order valence-electron chi connectivity index (χ2n) is 8.49. The van der Waals surface area contributed by atoms with Crippen LogP contribution in [0.5, 0.6) is 0 Å². The van der Waals surface area contributed by atoms with Crippen LogP contribution in [0.1, 0.15) is 0 Å². The van der Waals surface area contributed by atoms with Crippen LogP contribution < -0.4 is 5.56 Å². The number of fused-ring (bicyclic) bond motifs is 1. The van der Waals surface area contributed by atoms with Crippen molar-refractivity contribution in [2.24, 2.45) is 0 Å². The molecule has 4 aromatic carbocycles. The molecule has 0 aliphatic heterocycles. The predicted molar refractivity (Wildman–Crippen MR) is 144 cm³/mol. The minimum Gasteiger partial charge on any atom is -0.328 e. The fraction of sp³-hybridized carbons (Fsp3) is 0. The minimum atomic E-state index is -0.146. The van der Waals surface area contributed by atoms with E-state index < -0.39 is 0 Å². The van der Waals surface area contributed by atoms with Gasteiger partial charge in [-0.25, -0.2) is 4.98 Å². The molecule has 2 aromatic heterocycles. The van der Waals surface area contributed by atoms with Crippen LogP contribution in [-0.4, -0.2) is 9.97 Å². The molecule has 0 fully saturated rings. The summed E-state index contributed by atoms with van der Waals surface area (Å²) in [4.78, 5) is 21.1. The van der Waals surface area contributed by atoms with Crippen molar-refractivity contribution in [3.8, 4) is 44.6 Å². The first-order valence-corrected chi connectivity index (χ1v) is 11.6. The van der Waals surface area contributed by atoms with Gasteiger partial charge in [0.2, 0.25) is 0 Å². The quantitative estimate of drug-likeness (QED) is 0.301. The summed E-state index contributed by atoms with van der Waals surface area (Å²) in [6.07, 6.45) is 1.78. The Morgan fingerprint density at radius 2 is 1.09 bits per heavy atom. The average Bonchev–Trinajstić information content (AvgIpc) is 2.94. The summed E-state index contributed by atoms with van der Waals surface area (Å²) in [5, 5.41) is 0.575. The van der Waals surface area contributed by atoms with Crippen LogP contribution in [0.25, 0.3) is 55.5 Å². The van der Waals surface area contributed by atoms with Crippen LogP contribution in [0.3, 0.4) is 0 Å². The first-order valence-electron chi connectivity index (χ1n) is 11.6. The number of aromatic amines is 1. The fourth-order valence-corrected chi connectivity index (χ4v) is 4.55. The van der Waals surface area contributed by atoms with Crippen molar-refractivity contribution >= 4 is 10.9 Å². The SMILES string of the molecule is O=c1[nH]cc(-c2cccc(-c3ccccc3)c2)c2nc(-c3ccccc3)c(-c3ccccc3)cc12. The number of rotatable bonds is 4. The van der Waals surface area contributed by atoms with Gasteiger partial charge in [0, 0.05) is 22.9 Å². The summed E-state index contributed by atoms with van der Waals surface area (Å²) >= 11 is 0. The Morgan fingerprint density at radius 1 is 0.514 bits per heavy atom. The van der Waals surface area contributed by atoms with Gasteiger partial charge in [-0.3, -0.25) is 4.79 Å². The molecule has 35 heavy (non-hydrogen) atoms. The molecule has 0 saturated heterocycles. The van der Waals surface area contributed by atoms with Crippen molar-refractivity contribution in [1.29, 1.82) is 0 Å². The molecule has 0 saturated carbocycles. The van der Waals surface area contributed by atoms with Crippen LogP contribution in [0.15, 0.2) is 132 Å². The van der Waals surface area contributed by atoms with E-state index in [9.17, 15) is 4.79 Å². The Kier molecular flexibility index (Phi) is 5.28. The molecule has 0 amide bonds. The molecular weight excluding hydrogens is 428 g/mol. The summed E-state index contributed by atoms with van der Waals surface area (Å²) < 4.78 is 0. The van der Waals surface area contributed by atoms with Gasteiger partial charge in [0.05, 0.1) is 16.6 Å². The third-order valence-corrected chi connectivity index (χ3v) is 6.28. The lowest BCUT2D eigenvalue weighted by molar-refractivity contribution is 1.26. The lowest BCUT2D eigenvalue weighted by Gasteiger charge is -2.14. The van der Waals surface area contributed by atoms with Crippen LogP contribution in [0, 0.1) is 0 Å². The normalized spacial score (nSPS) is 11.0. The van der Waals surface area contributed by atoms with Gasteiger partial charge in [0.1, 0.15) is 0 Å². The van der Waals surface area contributed by atoms with Gasteiger partial charge < -0.3 is 4.98 Å². The molecule has 3 nitrogen and oxygen atoms in total. The third kappa shape index (κ3) is 3.94. The lowest BCUT2D eigenvalue weighted by Crippen LogP contribution is -2.08. The molecule has 0 spiro atoms. The number of H-pyrrole nitrogens is 1. The molecule has 0 unspecified atom stereocenters. The summed E-state index contributed by atoms with van der Waals surface area (Å²) in [6.45, 7) is 0. The summed E-state index contributed by atoms with van der Waals surface area (Å²) in [7, 11) is 0. The largest absolute Gasteiger partial charge is 0.328 e. The summed E-state index contributed by atoms with van der Waals surface area (Å²) in [6, 6.07) is 40.9. The second kappa shape index (κ2) is 8.88. The van der Waals surface area contributed by atoms with Crippen LogP contribution in [0.2, 0.25) is 0 Å². The summed E-state index contributed by atoms with van der Waals surface area (Å²) in [5.74, 6) is 0. The number of nitrogens with zero attached hydrogens (tertiary/aromatic N) is 1. The second-order valence-corrected chi connectivity index (χ2v) is 8.49. The van der Waals surface area contributed by atoms with Crippen molar-refractivity contribution in [2.45, 2.75) is 0 Å². The average molecular weight is 451 g/mol. The van der Waals surface area contributed by atoms with Gasteiger partial charge in [0.25, 0.3) is 5.56 Å². The van der Waals surface area contributed by atoms with E-state index in [1.54, 1.807) is 6.20 Å².